The monoisotopic (exact) mass is 473 g/mol. The number of benzene rings is 2. The van der Waals surface area contributed by atoms with Crippen molar-refractivity contribution >= 4 is 5.91 Å². The molecule has 0 radical (unpaired) electrons. The van der Waals surface area contributed by atoms with Crippen molar-refractivity contribution in [1.29, 1.82) is 0 Å². The summed E-state index contributed by atoms with van der Waals surface area (Å²) < 4.78 is 51.8. The lowest BCUT2D eigenvalue weighted by molar-refractivity contribution is -0.137. The Bertz CT molecular complexity index is 1150. The maximum Gasteiger partial charge on any atom is 0.416 e. The number of hydrogen-bond acceptors (Lipinski definition) is 4. The molecule has 1 aliphatic heterocycles. The van der Waals surface area contributed by atoms with E-state index in [1.807, 2.05) is 17.7 Å². The van der Waals surface area contributed by atoms with E-state index in [-0.39, 0.29) is 12.5 Å². The molecule has 1 aromatic heterocycles. The van der Waals surface area contributed by atoms with Crippen LogP contribution in [0.2, 0.25) is 0 Å². The molecule has 1 amide bonds. The zero-order chi connectivity index (χ0) is 24.3. The number of methoxy groups -OCH3 is 1. The normalized spacial score (nSPS) is 15.7. The lowest BCUT2D eigenvalue weighted by Gasteiger charge is -2.38. The van der Waals surface area contributed by atoms with Gasteiger partial charge in [0.1, 0.15) is 5.75 Å². The Morgan fingerprint density at radius 1 is 1.18 bits per heavy atom. The number of nitrogens with one attached hydrogen (secondary N) is 1. The zero-order valence-corrected chi connectivity index (χ0v) is 19.0. The Labute approximate surface area is 195 Å². The largest absolute Gasteiger partial charge is 0.495 e. The second kappa shape index (κ2) is 9.50. The number of alkyl halides is 3. The van der Waals surface area contributed by atoms with E-state index in [0.717, 1.165) is 29.1 Å². The summed E-state index contributed by atoms with van der Waals surface area (Å²) in [6.45, 7) is 3.12. The maximum atomic E-state index is 13.0. The van der Waals surface area contributed by atoms with Crippen LogP contribution in [0.3, 0.4) is 0 Å². The molecule has 3 aromatic rings. The molecule has 180 valence electrons. The SMILES string of the molecule is COc1cc(C(=O)NCC2(c3ccc(C(F)(F)F)cc3)CCOCC2)ccc1-n1cnc(C)c1. The van der Waals surface area contributed by atoms with Crippen molar-refractivity contribution in [3.05, 3.63) is 77.4 Å². The van der Waals surface area contributed by atoms with Gasteiger partial charge in [0.15, 0.2) is 0 Å². The molecule has 1 N–H and O–H groups in total. The van der Waals surface area contributed by atoms with Crippen molar-refractivity contribution in [2.75, 3.05) is 26.9 Å². The molecule has 2 heterocycles. The first kappa shape index (κ1) is 23.8. The molecule has 1 aliphatic rings. The summed E-state index contributed by atoms with van der Waals surface area (Å²) in [6.07, 6.45) is 0.334. The summed E-state index contributed by atoms with van der Waals surface area (Å²) in [5.41, 5.74) is 1.60. The number of rotatable bonds is 6. The Morgan fingerprint density at radius 3 is 2.47 bits per heavy atom. The highest BCUT2D eigenvalue weighted by molar-refractivity contribution is 5.95. The van der Waals surface area contributed by atoms with Crippen LogP contribution in [0, 0.1) is 6.92 Å². The Balaban J connectivity index is 1.53. The van der Waals surface area contributed by atoms with E-state index in [4.69, 9.17) is 9.47 Å². The second-order valence-corrected chi connectivity index (χ2v) is 8.46. The highest BCUT2D eigenvalue weighted by Gasteiger charge is 2.36. The Hall–Kier alpha value is -3.33. The minimum atomic E-state index is -4.39. The van der Waals surface area contributed by atoms with Crippen molar-refractivity contribution < 1.29 is 27.4 Å². The Morgan fingerprint density at radius 2 is 1.88 bits per heavy atom. The number of ether oxygens (including phenoxy) is 2. The molecule has 0 bridgehead atoms. The molecule has 2 aromatic carbocycles. The second-order valence-electron chi connectivity index (χ2n) is 8.46. The predicted octanol–water partition coefficient (Wildman–Crippen LogP) is 4.69. The highest BCUT2D eigenvalue weighted by atomic mass is 19.4. The molecule has 1 saturated heterocycles. The molecule has 34 heavy (non-hydrogen) atoms. The average Bonchev–Trinajstić information content (AvgIpc) is 3.28. The van der Waals surface area contributed by atoms with Crippen molar-refractivity contribution in [3.8, 4) is 11.4 Å². The quantitative estimate of drug-likeness (QED) is 0.564. The Kier molecular flexibility index (Phi) is 6.65. The van der Waals surface area contributed by atoms with E-state index >= 15 is 0 Å². The fourth-order valence-corrected chi connectivity index (χ4v) is 4.28. The molecule has 0 saturated carbocycles. The highest BCUT2D eigenvalue weighted by Crippen LogP contribution is 2.37. The third kappa shape index (κ3) is 4.94. The van der Waals surface area contributed by atoms with Crippen molar-refractivity contribution in [2.24, 2.45) is 0 Å². The smallest absolute Gasteiger partial charge is 0.416 e. The van der Waals surface area contributed by atoms with Crippen LogP contribution < -0.4 is 10.1 Å². The van der Waals surface area contributed by atoms with Crippen molar-refractivity contribution in [1.82, 2.24) is 14.9 Å². The number of aromatic nitrogens is 2. The summed E-state index contributed by atoms with van der Waals surface area (Å²) >= 11 is 0. The molecular weight excluding hydrogens is 447 g/mol. The minimum Gasteiger partial charge on any atom is -0.495 e. The van der Waals surface area contributed by atoms with Gasteiger partial charge in [-0.25, -0.2) is 4.98 Å². The van der Waals surface area contributed by atoms with Gasteiger partial charge in [0, 0.05) is 36.9 Å². The first-order valence-electron chi connectivity index (χ1n) is 10.9. The summed E-state index contributed by atoms with van der Waals surface area (Å²) in [4.78, 5) is 17.2. The van der Waals surface area contributed by atoms with Crippen LogP contribution in [0.4, 0.5) is 13.2 Å². The molecule has 0 aliphatic carbocycles. The van der Waals surface area contributed by atoms with E-state index in [1.165, 1.54) is 19.2 Å². The van der Waals surface area contributed by atoms with Gasteiger partial charge in [-0.05, 0) is 55.7 Å². The zero-order valence-electron chi connectivity index (χ0n) is 19.0. The van der Waals surface area contributed by atoms with Crippen molar-refractivity contribution in [2.45, 2.75) is 31.4 Å². The lowest BCUT2D eigenvalue weighted by atomic mass is 9.74. The first-order chi connectivity index (χ1) is 16.2. The summed E-state index contributed by atoms with van der Waals surface area (Å²) in [5.74, 6) is 0.234. The maximum absolute atomic E-state index is 13.0. The number of halogens is 3. The van der Waals surface area contributed by atoms with E-state index in [2.05, 4.69) is 10.3 Å². The van der Waals surface area contributed by atoms with Gasteiger partial charge in [0.05, 0.1) is 30.4 Å². The van der Waals surface area contributed by atoms with Gasteiger partial charge in [-0.15, -0.1) is 0 Å². The number of carbonyl (C=O) groups excluding carboxylic acids is 1. The average molecular weight is 473 g/mol. The van der Waals surface area contributed by atoms with Gasteiger partial charge in [-0.3, -0.25) is 4.79 Å². The number of carbonyl (C=O) groups is 1. The van der Waals surface area contributed by atoms with Crippen molar-refractivity contribution in [3.63, 3.8) is 0 Å². The van der Waals surface area contributed by atoms with E-state index < -0.39 is 17.2 Å². The number of imidazole rings is 1. The van der Waals surface area contributed by atoms with Crippen LogP contribution in [0.25, 0.3) is 5.69 Å². The number of aryl methyl sites for hydroxylation is 1. The predicted molar refractivity (Wildman–Crippen MR) is 120 cm³/mol. The molecule has 4 rings (SSSR count). The molecule has 6 nitrogen and oxygen atoms in total. The van der Waals surface area contributed by atoms with E-state index in [0.29, 0.717) is 37.4 Å². The van der Waals surface area contributed by atoms with Crippen LogP contribution in [-0.2, 0) is 16.3 Å². The van der Waals surface area contributed by atoms with Gasteiger partial charge in [0.2, 0.25) is 0 Å². The first-order valence-corrected chi connectivity index (χ1v) is 10.9. The standard InChI is InChI=1S/C25H26F3N3O3/c1-17-14-31(16-30-17)21-8-3-18(13-22(21)33-2)23(32)29-15-24(9-11-34-12-10-24)19-4-6-20(7-5-19)25(26,27)28/h3-8,13-14,16H,9-12,15H2,1-2H3,(H,29,32). The van der Waals surface area contributed by atoms with Gasteiger partial charge in [-0.1, -0.05) is 12.1 Å². The van der Waals surface area contributed by atoms with Crippen LogP contribution >= 0.6 is 0 Å². The summed E-state index contributed by atoms with van der Waals surface area (Å²) in [7, 11) is 1.53. The van der Waals surface area contributed by atoms with Crippen LogP contribution in [-0.4, -0.2) is 42.3 Å². The van der Waals surface area contributed by atoms with Gasteiger partial charge in [-0.2, -0.15) is 13.2 Å². The molecule has 0 unspecified atom stereocenters. The molecule has 0 spiro atoms. The van der Waals surface area contributed by atoms with Gasteiger partial charge in [0.25, 0.3) is 5.91 Å². The minimum absolute atomic E-state index is 0.283. The number of nitrogens with zero attached hydrogens (tertiary/aromatic N) is 2. The van der Waals surface area contributed by atoms with Crippen LogP contribution in [0.5, 0.6) is 5.75 Å². The van der Waals surface area contributed by atoms with E-state index in [9.17, 15) is 18.0 Å². The molecule has 0 atom stereocenters. The third-order valence-corrected chi connectivity index (χ3v) is 6.29. The molecular formula is C25H26F3N3O3. The lowest BCUT2D eigenvalue weighted by Crippen LogP contribution is -2.44. The summed E-state index contributed by atoms with van der Waals surface area (Å²) in [6, 6.07) is 10.4. The van der Waals surface area contributed by atoms with Gasteiger partial charge >= 0.3 is 6.18 Å². The van der Waals surface area contributed by atoms with E-state index in [1.54, 1.807) is 24.5 Å². The molecule has 9 heteroatoms. The van der Waals surface area contributed by atoms with Gasteiger partial charge < -0.3 is 19.4 Å². The third-order valence-electron chi connectivity index (χ3n) is 6.29. The molecule has 1 fully saturated rings. The fourth-order valence-electron chi connectivity index (χ4n) is 4.28. The van der Waals surface area contributed by atoms with Crippen LogP contribution in [0.15, 0.2) is 55.0 Å². The topological polar surface area (TPSA) is 65.4 Å². The fraction of sp³-hybridized carbons (Fsp3) is 0.360. The summed E-state index contributed by atoms with van der Waals surface area (Å²) in [5, 5.41) is 2.98. The van der Waals surface area contributed by atoms with Crippen LogP contribution in [0.1, 0.15) is 40.0 Å². The number of amides is 1. The number of hydrogen-bond donors (Lipinski definition) is 1.